The number of carbonyl (C=O) groups excluding carboxylic acids is 2. The van der Waals surface area contributed by atoms with Crippen LogP contribution in [0.2, 0.25) is 5.02 Å². The van der Waals surface area contributed by atoms with E-state index in [2.05, 4.69) is 5.32 Å². The summed E-state index contributed by atoms with van der Waals surface area (Å²) in [6, 6.07) is 12.7. The number of halogens is 1. The Morgan fingerprint density at radius 1 is 1.27 bits per heavy atom. The number of nitrogens with zero attached hydrogens (tertiary/aromatic N) is 1. The molecule has 0 bridgehead atoms. The van der Waals surface area contributed by atoms with Crippen LogP contribution in [0.1, 0.15) is 41.7 Å². The fourth-order valence-corrected chi connectivity index (χ4v) is 3.20. The first-order chi connectivity index (χ1) is 12.5. The number of benzene rings is 2. The first kappa shape index (κ1) is 18.3. The summed E-state index contributed by atoms with van der Waals surface area (Å²) in [6.07, 6.45) is 1.22. The van der Waals surface area contributed by atoms with Crippen LogP contribution in [-0.2, 0) is 4.79 Å². The second kappa shape index (κ2) is 7.79. The maximum absolute atomic E-state index is 13.1. The summed E-state index contributed by atoms with van der Waals surface area (Å²) in [6.45, 7) is 2.43. The van der Waals surface area contributed by atoms with Crippen LogP contribution in [0.5, 0.6) is 5.75 Å². The van der Waals surface area contributed by atoms with Gasteiger partial charge in [-0.3, -0.25) is 9.59 Å². The third kappa shape index (κ3) is 3.68. The molecule has 0 aliphatic carbocycles. The summed E-state index contributed by atoms with van der Waals surface area (Å²) in [4.78, 5) is 26.7. The van der Waals surface area contributed by atoms with Crippen LogP contribution in [0.3, 0.4) is 0 Å². The lowest BCUT2D eigenvalue weighted by Gasteiger charge is -2.41. The molecule has 1 aliphatic rings. The van der Waals surface area contributed by atoms with E-state index in [1.54, 1.807) is 37.1 Å². The van der Waals surface area contributed by atoms with Gasteiger partial charge >= 0.3 is 0 Å². The van der Waals surface area contributed by atoms with Crippen molar-refractivity contribution in [2.45, 2.75) is 25.8 Å². The third-order valence-corrected chi connectivity index (χ3v) is 4.80. The molecular weight excluding hydrogens is 352 g/mol. The lowest BCUT2D eigenvalue weighted by atomic mass is 9.93. The Morgan fingerprint density at radius 2 is 2.08 bits per heavy atom. The minimum Gasteiger partial charge on any atom is -0.497 e. The second-order valence-corrected chi connectivity index (χ2v) is 6.61. The SMILES string of the molecule is CCC(=O)Nc1cc(Cl)ccc1C(=O)N1CCC1c1cccc(OC)c1. The van der Waals surface area contributed by atoms with E-state index in [-0.39, 0.29) is 17.9 Å². The Bertz CT molecular complexity index is 838. The number of ether oxygens (including phenoxy) is 1. The number of nitrogens with one attached hydrogen (secondary N) is 1. The predicted molar refractivity (Wildman–Crippen MR) is 102 cm³/mol. The lowest BCUT2D eigenvalue weighted by molar-refractivity contribution is -0.115. The smallest absolute Gasteiger partial charge is 0.256 e. The molecular formula is C20H21ClN2O3. The van der Waals surface area contributed by atoms with Gasteiger partial charge in [0.25, 0.3) is 5.91 Å². The van der Waals surface area contributed by atoms with Gasteiger partial charge in [0, 0.05) is 18.0 Å². The third-order valence-electron chi connectivity index (χ3n) is 4.57. The van der Waals surface area contributed by atoms with Crippen molar-refractivity contribution in [1.29, 1.82) is 0 Å². The van der Waals surface area contributed by atoms with Gasteiger partial charge in [0.1, 0.15) is 5.75 Å². The molecule has 0 spiro atoms. The molecule has 0 radical (unpaired) electrons. The molecule has 1 heterocycles. The Hall–Kier alpha value is -2.53. The molecule has 26 heavy (non-hydrogen) atoms. The zero-order valence-corrected chi connectivity index (χ0v) is 15.5. The molecule has 2 aromatic carbocycles. The summed E-state index contributed by atoms with van der Waals surface area (Å²) in [5.74, 6) is 0.491. The molecule has 0 aromatic heterocycles. The van der Waals surface area contributed by atoms with Crippen molar-refractivity contribution in [3.05, 3.63) is 58.6 Å². The number of hydrogen-bond acceptors (Lipinski definition) is 3. The van der Waals surface area contributed by atoms with Crippen LogP contribution in [0, 0.1) is 0 Å². The maximum atomic E-state index is 13.1. The highest BCUT2D eigenvalue weighted by Gasteiger charge is 2.35. The fourth-order valence-electron chi connectivity index (χ4n) is 3.03. The zero-order chi connectivity index (χ0) is 18.7. The molecule has 1 unspecified atom stereocenters. The molecule has 2 amide bonds. The number of hydrogen-bond donors (Lipinski definition) is 1. The average Bonchev–Trinajstić information content (AvgIpc) is 2.60. The summed E-state index contributed by atoms with van der Waals surface area (Å²) in [5, 5.41) is 3.24. The van der Waals surface area contributed by atoms with Gasteiger partial charge in [-0.05, 0) is 42.3 Å². The van der Waals surface area contributed by atoms with E-state index in [9.17, 15) is 9.59 Å². The van der Waals surface area contributed by atoms with Crippen LogP contribution in [0.15, 0.2) is 42.5 Å². The maximum Gasteiger partial charge on any atom is 0.256 e. The number of methoxy groups -OCH3 is 1. The van der Waals surface area contributed by atoms with Crippen molar-refractivity contribution < 1.29 is 14.3 Å². The van der Waals surface area contributed by atoms with Crippen molar-refractivity contribution in [3.63, 3.8) is 0 Å². The van der Waals surface area contributed by atoms with Crippen molar-refractivity contribution >= 4 is 29.1 Å². The van der Waals surface area contributed by atoms with Crippen LogP contribution >= 0.6 is 11.6 Å². The number of amides is 2. The van der Waals surface area contributed by atoms with Gasteiger partial charge in [-0.2, -0.15) is 0 Å². The van der Waals surface area contributed by atoms with Crippen LogP contribution in [-0.4, -0.2) is 30.4 Å². The standard InChI is InChI=1S/C20H21ClN2O3/c1-3-19(24)22-17-12-14(21)7-8-16(17)20(25)23-10-9-18(23)13-5-4-6-15(11-13)26-2/h4-8,11-12,18H,3,9-10H2,1-2H3,(H,22,24). The molecule has 1 saturated heterocycles. The van der Waals surface area contributed by atoms with E-state index in [4.69, 9.17) is 16.3 Å². The number of anilines is 1. The van der Waals surface area contributed by atoms with Gasteiger partial charge in [-0.25, -0.2) is 0 Å². The molecule has 1 aliphatic heterocycles. The fraction of sp³-hybridized carbons (Fsp3) is 0.300. The van der Waals surface area contributed by atoms with E-state index in [1.165, 1.54) is 0 Å². The number of carbonyl (C=O) groups is 2. The Kier molecular flexibility index (Phi) is 5.47. The van der Waals surface area contributed by atoms with E-state index < -0.39 is 0 Å². The van der Waals surface area contributed by atoms with Gasteiger partial charge in [-0.15, -0.1) is 0 Å². The highest BCUT2D eigenvalue weighted by atomic mass is 35.5. The van der Waals surface area contributed by atoms with Gasteiger partial charge in [0.15, 0.2) is 0 Å². The largest absolute Gasteiger partial charge is 0.497 e. The average molecular weight is 373 g/mol. The quantitative estimate of drug-likeness (QED) is 0.852. The topological polar surface area (TPSA) is 58.6 Å². The minimum absolute atomic E-state index is 0.00278. The zero-order valence-electron chi connectivity index (χ0n) is 14.8. The van der Waals surface area contributed by atoms with Crippen LogP contribution in [0.4, 0.5) is 5.69 Å². The lowest BCUT2D eigenvalue weighted by Crippen LogP contribution is -2.45. The molecule has 5 nitrogen and oxygen atoms in total. The Balaban J connectivity index is 1.86. The molecule has 6 heteroatoms. The summed E-state index contributed by atoms with van der Waals surface area (Å²) < 4.78 is 5.28. The van der Waals surface area contributed by atoms with Crippen LogP contribution in [0.25, 0.3) is 0 Å². The number of likely N-dealkylation sites (tertiary alicyclic amines) is 1. The first-order valence-corrected chi connectivity index (χ1v) is 8.95. The Morgan fingerprint density at radius 3 is 2.73 bits per heavy atom. The van der Waals surface area contributed by atoms with Gasteiger partial charge in [0.2, 0.25) is 5.91 Å². The molecule has 0 saturated carbocycles. The minimum atomic E-state index is -0.158. The van der Waals surface area contributed by atoms with Crippen molar-refractivity contribution in [2.24, 2.45) is 0 Å². The highest BCUT2D eigenvalue weighted by Crippen LogP contribution is 2.37. The first-order valence-electron chi connectivity index (χ1n) is 8.57. The van der Waals surface area contributed by atoms with Gasteiger partial charge in [0.05, 0.1) is 24.4 Å². The summed E-state index contributed by atoms with van der Waals surface area (Å²) in [7, 11) is 1.62. The van der Waals surface area contributed by atoms with E-state index in [1.807, 2.05) is 24.3 Å². The van der Waals surface area contributed by atoms with E-state index in [0.29, 0.717) is 29.2 Å². The molecule has 1 atom stereocenters. The van der Waals surface area contributed by atoms with Crippen molar-refractivity contribution in [2.75, 3.05) is 19.0 Å². The number of rotatable bonds is 5. The molecule has 1 fully saturated rings. The second-order valence-electron chi connectivity index (χ2n) is 6.17. The molecule has 3 rings (SSSR count). The van der Waals surface area contributed by atoms with Crippen molar-refractivity contribution in [3.8, 4) is 5.75 Å². The highest BCUT2D eigenvalue weighted by molar-refractivity contribution is 6.31. The molecule has 2 aromatic rings. The predicted octanol–water partition coefficient (Wildman–Crippen LogP) is 4.28. The van der Waals surface area contributed by atoms with Gasteiger partial charge in [-0.1, -0.05) is 30.7 Å². The Labute approximate surface area is 157 Å². The van der Waals surface area contributed by atoms with E-state index >= 15 is 0 Å². The normalized spacial score (nSPS) is 16.0. The molecule has 1 N–H and O–H groups in total. The monoisotopic (exact) mass is 372 g/mol. The summed E-state index contributed by atoms with van der Waals surface area (Å²) >= 11 is 6.04. The van der Waals surface area contributed by atoms with Crippen molar-refractivity contribution in [1.82, 2.24) is 4.90 Å². The van der Waals surface area contributed by atoms with E-state index in [0.717, 1.165) is 17.7 Å². The van der Waals surface area contributed by atoms with Gasteiger partial charge < -0.3 is 15.0 Å². The summed E-state index contributed by atoms with van der Waals surface area (Å²) in [5.41, 5.74) is 1.94. The molecule has 136 valence electrons. The van der Waals surface area contributed by atoms with Crippen LogP contribution < -0.4 is 10.1 Å².